The largest absolute Gasteiger partial charge is 0.371 e. The molecule has 0 aromatic carbocycles. The molecular weight excluding hydrogens is 290 g/mol. The van der Waals surface area contributed by atoms with Crippen LogP contribution in [-0.4, -0.2) is 25.9 Å². The first-order valence-corrected chi connectivity index (χ1v) is 8.12. The monoisotopic (exact) mass is 307 g/mol. The molecule has 0 unspecified atom stereocenters. The lowest BCUT2D eigenvalue weighted by Gasteiger charge is -2.06. The smallest absolute Gasteiger partial charge is 0.304 e. The van der Waals surface area contributed by atoms with Gasteiger partial charge in [0, 0.05) is 18.7 Å². The normalized spacial score (nSPS) is 11.8. The van der Waals surface area contributed by atoms with Gasteiger partial charge in [-0.1, -0.05) is 18.3 Å². The van der Waals surface area contributed by atoms with E-state index in [1.54, 1.807) is 13.8 Å². The van der Waals surface area contributed by atoms with Gasteiger partial charge in [0.1, 0.15) is 4.21 Å². The van der Waals surface area contributed by atoms with E-state index in [-0.39, 0.29) is 20.9 Å². The van der Waals surface area contributed by atoms with Crippen LogP contribution in [-0.2, 0) is 10.0 Å². The van der Waals surface area contributed by atoms with Crippen molar-refractivity contribution in [3.63, 3.8) is 0 Å². The van der Waals surface area contributed by atoms with E-state index in [2.05, 4.69) is 10.0 Å². The van der Waals surface area contributed by atoms with Crippen LogP contribution >= 0.6 is 11.3 Å². The van der Waals surface area contributed by atoms with Crippen molar-refractivity contribution in [3.05, 3.63) is 16.2 Å². The first-order valence-electron chi connectivity index (χ1n) is 5.82. The van der Waals surface area contributed by atoms with Gasteiger partial charge in [0.25, 0.3) is 10.0 Å². The van der Waals surface area contributed by atoms with Crippen LogP contribution in [0.2, 0.25) is 0 Å². The zero-order chi connectivity index (χ0) is 14.6. The molecule has 0 radical (unpaired) electrons. The van der Waals surface area contributed by atoms with Gasteiger partial charge in [-0.05, 0) is 20.3 Å². The molecule has 1 aromatic heterocycles. The summed E-state index contributed by atoms with van der Waals surface area (Å²) in [6.07, 6.45) is 0.793. The van der Waals surface area contributed by atoms with Crippen molar-refractivity contribution >= 4 is 32.0 Å². The molecule has 7 nitrogen and oxygen atoms in total. The summed E-state index contributed by atoms with van der Waals surface area (Å²) in [5, 5.41) is 14.1. The number of rotatable bonds is 7. The molecule has 1 rings (SSSR count). The fourth-order valence-electron chi connectivity index (χ4n) is 1.36. The Bertz CT molecular complexity index is 551. The second kappa shape index (κ2) is 6.31. The third-order valence-corrected chi connectivity index (χ3v) is 5.29. The standard InChI is InChI=1S/C10H17N3O4S2/c1-4-5-11-10-8(13(14)15)6-9(18-10)19(16,17)12-7(2)3/h6-7,11-12H,4-5H2,1-3H3. The van der Waals surface area contributed by atoms with E-state index >= 15 is 0 Å². The number of nitrogens with zero attached hydrogens (tertiary/aromatic N) is 1. The molecule has 0 saturated carbocycles. The Morgan fingerprint density at radius 1 is 1.47 bits per heavy atom. The summed E-state index contributed by atoms with van der Waals surface area (Å²) in [6.45, 7) is 5.86. The lowest BCUT2D eigenvalue weighted by Crippen LogP contribution is -2.29. The van der Waals surface area contributed by atoms with Gasteiger partial charge in [-0.15, -0.1) is 0 Å². The molecule has 19 heavy (non-hydrogen) atoms. The maximum absolute atomic E-state index is 12.0. The van der Waals surface area contributed by atoms with Crippen LogP contribution in [0, 0.1) is 10.1 Å². The zero-order valence-corrected chi connectivity index (χ0v) is 12.6. The number of hydrogen-bond donors (Lipinski definition) is 2. The summed E-state index contributed by atoms with van der Waals surface area (Å²) < 4.78 is 26.3. The number of hydrogen-bond acceptors (Lipinski definition) is 6. The Morgan fingerprint density at radius 3 is 2.58 bits per heavy atom. The van der Waals surface area contributed by atoms with Gasteiger partial charge in [-0.25, -0.2) is 13.1 Å². The van der Waals surface area contributed by atoms with Gasteiger partial charge in [0.05, 0.1) is 4.92 Å². The molecule has 0 amide bonds. The molecule has 9 heteroatoms. The second-order valence-electron chi connectivity index (χ2n) is 4.24. The maximum Gasteiger partial charge on any atom is 0.304 e. The quantitative estimate of drug-likeness (QED) is 0.594. The number of thiophene rings is 1. The summed E-state index contributed by atoms with van der Waals surface area (Å²) in [7, 11) is -3.70. The van der Waals surface area contributed by atoms with Crippen LogP contribution in [0.3, 0.4) is 0 Å². The minimum absolute atomic E-state index is 0.0495. The Labute approximate surface area is 116 Å². The van der Waals surface area contributed by atoms with E-state index in [1.165, 1.54) is 0 Å². The molecule has 0 atom stereocenters. The minimum atomic E-state index is -3.70. The van der Waals surface area contributed by atoms with Crippen LogP contribution < -0.4 is 10.0 Å². The van der Waals surface area contributed by atoms with Crippen molar-refractivity contribution < 1.29 is 13.3 Å². The van der Waals surface area contributed by atoms with Gasteiger partial charge in [0.2, 0.25) is 0 Å². The first-order chi connectivity index (χ1) is 8.77. The highest BCUT2D eigenvalue weighted by molar-refractivity contribution is 7.91. The number of sulfonamides is 1. The van der Waals surface area contributed by atoms with Crippen molar-refractivity contribution in [1.29, 1.82) is 0 Å². The van der Waals surface area contributed by atoms with E-state index in [0.717, 1.165) is 23.8 Å². The van der Waals surface area contributed by atoms with Gasteiger partial charge in [-0.3, -0.25) is 10.1 Å². The fraction of sp³-hybridized carbons (Fsp3) is 0.600. The number of nitro groups is 1. The van der Waals surface area contributed by atoms with E-state index in [0.29, 0.717) is 6.54 Å². The molecule has 0 saturated heterocycles. The van der Waals surface area contributed by atoms with Crippen molar-refractivity contribution in [2.75, 3.05) is 11.9 Å². The van der Waals surface area contributed by atoms with Gasteiger partial charge in [-0.2, -0.15) is 0 Å². The predicted octanol–water partition coefficient (Wildman–Crippen LogP) is 2.16. The first kappa shape index (κ1) is 15.9. The summed E-state index contributed by atoms with van der Waals surface area (Å²) >= 11 is 0.873. The average Bonchev–Trinajstić information content (AvgIpc) is 2.69. The highest BCUT2D eigenvalue weighted by Crippen LogP contribution is 2.36. The average molecular weight is 307 g/mol. The molecule has 0 aliphatic carbocycles. The topological polar surface area (TPSA) is 101 Å². The molecule has 0 aliphatic heterocycles. The summed E-state index contributed by atoms with van der Waals surface area (Å²) in [5.74, 6) is 0. The molecule has 0 aliphatic rings. The van der Waals surface area contributed by atoms with Crippen LogP contribution in [0.25, 0.3) is 0 Å². The van der Waals surface area contributed by atoms with E-state index in [1.807, 2.05) is 6.92 Å². The maximum atomic E-state index is 12.0. The van der Waals surface area contributed by atoms with Crippen molar-refractivity contribution in [2.24, 2.45) is 0 Å². The third-order valence-electron chi connectivity index (χ3n) is 2.08. The highest BCUT2D eigenvalue weighted by atomic mass is 32.2. The molecule has 0 fully saturated rings. The van der Waals surface area contributed by atoms with E-state index in [4.69, 9.17) is 0 Å². The second-order valence-corrected chi connectivity index (χ2v) is 7.23. The SMILES string of the molecule is CCCNc1sc(S(=O)(=O)NC(C)C)cc1[N+](=O)[O-]. The molecule has 1 heterocycles. The van der Waals surface area contributed by atoms with Crippen LogP contribution in [0.15, 0.2) is 10.3 Å². The molecule has 2 N–H and O–H groups in total. The highest BCUT2D eigenvalue weighted by Gasteiger charge is 2.26. The summed E-state index contributed by atoms with van der Waals surface area (Å²) in [4.78, 5) is 10.3. The summed E-state index contributed by atoms with van der Waals surface area (Å²) in [6, 6.07) is 0.825. The van der Waals surface area contributed by atoms with Crippen molar-refractivity contribution in [3.8, 4) is 0 Å². The van der Waals surface area contributed by atoms with Crippen LogP contribution in [0.4, 0.5) is 10.7 Å². The lowest BCUT2D eigenvalue weighted by atomic mass is 10.4. The zero-order valence-electron chi connectivity index (χ0n) is 11.0. The van der Waals surface area contributed by atoms with Crippen molar-refractivity contribution in [2.45, 2.75) is 37.4 Å². The Balaban J connectivity index is 3.13. The predicted molar refractivity (Wildman–Crippen MR) is 75.2 cm³/mol. The van der Waals surface area contributed by atoms with Gasteiger partial charge >= 0.3 is 5.69 Å². The van der Waals surface area contributed by atoms with E-state index < -0.39 is 14.9 Å². The minimum Gasteiger partial charge on any atom is -0.371 e. The Kier molecular flexibility index (Phi) is 5.27. The number of anilines is 1. The summed E-state index contributed by atoms with van der Waals surface area (Å²) in [5.41, 5.74) is -0.206. The molecule has 0 spiro atoms. The number of nitrogens with one attached hydrogen (secondary N) is 2. The van der Waals surface area contributed by atoms with Gasteiger partial charge < -0.3 is 5.32 Å². The molecule has 1 aromatic rings. The van der Waals surface area contributed by atoms with E-state index in [9.17, 15) is 18.5 Å². The molecule has 108 valence electrons. The van der Waals surface area contributed by atoms with Crippen molar-refractivity contribution in [1.82, 2.24) is 4.72 Å². The Morgan fingerprint density at radius 2 is 2.11 bits per heavy atom. The third kappa shape index (κ3) is 4.15. The fourth-order valence-corrected chi connectivity index (χ4v) is 3.98. The Hall–Kier alpha value is -1.19. The van der Waals surface area contributed by atoms with Crippen LogP contribution in [0.1, 0.15) is 27.2 Å². The van der Waals surface area contributed by atoms with Crippen LogP contribution in [0.5, 0.6) is 0 Å². The molecule has 0 bridgehead atoms. The lowest BCUT2D eigenvalue weighted by molar-refractivity contribution is -0.383. The van der Waals surface area contributed by atoms with Gasteiger partial charge in [0.15, 0.2) is 5.00 Å². The molecular formula is C10H17N3O4S2.